The van der Waals surface area contributed by atoms with Crippen molar-refractivity contribution in [3.8, 4) is 0 Å². The third-order valence-electron chi connectivity index (χ3n) is 4.88. The van der Waals surface area contributed by atoms with Crippen LogP contribution in [0.2, 0.25) is 0 Å². The quantitative estimate of drug-likeness (QED) is 0.633. The van der Waals surface area contributed by atoms with Crippen LogP contribution in [0.25, 0.3) is 10.9 Å². The molecule has 1 saturated heterocycles. The van der Waals surface area contributed by atoms with E-state index in [0.717, 1.165) is 5.56 Å². The first kappa shape index (κ1) is 18.7. The van der Waals surface area contributed by atoms with E-state index in [9.17, 15) is 13.2 Å². The summed E-state index contributed by atoms with van der Waals surface area (Å²) in [5.41, 5.74) is 1.16. The summed E-state index contributed by atoms with van der Waals surface area (Å²) in [6.07, 6.45) is 0. The zero-order valence-electron chi connectivity index (χ0n) is 15.3. The van der Waals surface area contributed by atoms with Gasteiger partial charge in [0.05, 0.1) is 17.8 Å². The third-order valence-corrected chi connectivity index (χ3v) is 6.73. The maximum absolute atomic E-state index is 12.7. The van der Waals surface area contributed by atoms with Crippen LogP contribution in [-0.2, 0) is 22.4 Å². The van der Waals surface area contributed by atoms with Gasteiger partial charge in [-0.15, -0.1) is 5.10 Å². The van der Waals surface area contributed by atoms with Gasteiger partial charge >= 0.3 is 0 Å². The SMILES string of the molecule is O=c1c2ccccc2nnn1CN1CCN(S(=O)(=O)Cc2ccccc2)CC1. The van der Waals surface area contributed by atoms with Gasteiger partial charge < -0.3 is 0 Å². The molecule has 0 unspecified atom stereocenters. The molecule has 0 saturated carbocycles. The van der Waals surface area contributed by atoms with E-state index in [0.29, 0.717) is 43.8 Å². The Kier molecular flexibility index (Phi) is 5.21. The third kappa shape index (κ3) is 3.96. The van der Waals surface area contributed by atoms with Crippen LogP contribution in [0.3, 0.4) is 0 Å². The zero-order valence-corrected chi connectivity index (χ0v) is 16.1. The van der Waals surface area contributed by atoms with Gasteiger partial charge in [0.1, 0.15) is 5.52 Å². The molecule has 1 aromatic heterocycles. The molecule has 0 radical (unpaired) electrons. The predicted molar refractivity (Wildman–Crippen MR) is 106 cm³/mol. The van der Waals surface area contributed by atoms with Crippen molar-refractivity contribution in [1.29, 1.82) is 0 Å². The van der Waals surface area contributed by atoms with E-state index in [1.807, 2.05) is 41.3 Å². The van der Waals surface area contributed by atoms with E-state index in [4.69, 9.17) is 0 Å². The minimum absolute atomic E-state index is 0.00342. The van der Waals surface area contributed by atoms with E-state index in [-0.39, 0.29) is 11.3 Å². The number of hydrogen-bond donors (Lipinski definition) is 0. The summed E-state index contributed by atoms with van der Waals surface area (Å²) < 4.78 is 28.1. The normalized spacial score (nSPS) is 16.4. The minimum atomic E-state index is -3.36. The summed E-state index contributed by atoms with van der Waals surface area (Å²) in [5.74, 6) is 0.00342. The van der Waals surface area contributed by atoms with Crippen molar-refractivity contribution in [1.82, 2.24) is 24.2 Å². The summed E-state index contributed by atoms with van der Waals surface area (Å²) in [6, 6.07) is 16.3. The Balaban J connectivity index is 1.41. The maximum atomic E-state index is 12.7. The molecule has 0 amide bonds. The number of aromatic nitrogens is 3. The lowest BCUT2D eigenvalue weighted by Crippen LogP contribution is -2.50. The van der Waals surface area contributed by atoms with Gasteiger partial charge in [-0.2, -0.15) is 8.99 Å². The lowest BCUT2D eigenvalue weighted by Gasteiger charge is -2.33. The molecule has 2 heterocycles. The van der Waals surface area contributed by atoms with E-state index in [1.54, 1.807) is 18.2 Å². The van der Waals surface area contributed by atoms with Gasteiger partial charge in [-0.25, -0.2) is 8.42 Å². The second kappa shape index (κ2) is 7.78. The molecule has 0 bridgehead atoms. The highest BCUT2D eigenvalue weighted by Crippen LogP contribution is 2.14. The smallest absolute Gasteiger partial charge is 0.278 e. The lowest BCUT2D eigenvalue weighted by molar-refractivity contribution is 0.141. The molecule has 146 valence electrons. The molecule has 3 aromatic rings. The Morgan fingerprint density at radius 3 is 2.32 bits per heavy atom. The average molecular weight is 399 g/mol. The minimum Gasteiger partial charge on any atom is -0.282 e. The van der Waals surface area contributed by atoms with Crippen LogP contribution in [0.4, 0.5) is 0 Å². The van der Waals surface area contributed by atoms with Crippen LogP contribution >= 0.6 is 0 Å². The largest absolute Gasteiger partial charge is 0.282 e. The van der Waals surface area contributed by atoms with Crippen LogP contribution in [-0.4, -0.2) is 58.8 Å². The number of nitrogens with zero attached hydrogens (tertiary/aromatic N) is 5. The predicted octanol–water partition coefficient (Wildman–Crippen LogP) is 0.897. The van der Waals surface area contributed by atoms with Crippen LogP contribution in [0.1, 0.15) is 5.56 Å². The van der Waals surface area contributed by atoms with Crippen molar-refractivity contribution in [3.05, 3.63) is 70.5 Å². The summed E-state index contributed by atoms with van der Waals surface area (Å²) in [7, 11) is -3.36. The number of fused-ring (bicyclic) bond motifs is 1. The topological polar surface area (TPSA) is 88.4 Å². The molecule has 0 N–H and O–H groups in total. The van der Waals surface area contributed by atoms with Gasteiger partial charge in [0.15, 0.2) is 0 Å². The monoisotopic (exact) mass is 399 g/mol. The fourth-order valence-electron chi connectivity index (χ4n) is 3.33. The zero-order chi connectivity index (χ0) is 19.6. The van der Waals surface area contributed by atoms with Crippen molar-refractivity contribution < 1.29 is 8.42 Å². The van der Waals surface area contributed by atoms with Crippen LogP contribution in [0.15, 0.2) is 59.4 Å². The first-order chi connectivity index (χ1) is 13.5. The summed E-state index contributed by atoms with van der Waals surface area (Å²) >= 11 is 0. The van der Waals surface area contributed by atoms with Gasteiger partial charge in [-0.1, -0.05) is 47.7 Å². The van der Waals surface area contributed by atoms with Crippen molar-refractivity contribution >= 4 is 20.9 Å². The second-order valence-corrected chi connectivity index (χ2v) is 8.78. The molecule has 0 aliphatic carbocycles. The van der Waals surface area contributed by atoms with E-state index >= 15 is 0 Å². The highest BCUT2D eigenvalue weighted by Gasteiger charge is 2.27. The number of sulfonamides is 1. The Hall–Kier alpha value is -2.62. The summed E-state index contributed by atoms with van der Waals surface area (Å²) in [5, 5.41) is 8.62. The molecular weight excluding hydrogens is 378 g/mol. The standard InChI is InChI=1S/C19H21N5O3S/c25-19-17-8-4-5-9-18(17)20-21-24(19)15-22-10-12-23(13-11-22)28(26,27)14-16-6-2-1-3-7-16/h1-9H,10-15H2. The molecule has 0 atom stereocenters. The summed E-state index contributed by atoms with van der Waals surface area (Å²) in [4.78, 5) is 14.6. The Bertz CT molecular complexity index is 1120. The molecule has 1 aliphatic rings. The molecule has 8 nitrogen and oxygen atoms in total. The van der Waals surface area contributed by atoms with Crippen molar-refractivity contribution in [2.75, 3.05) is 26.2 Å². The average Bonchev–Trinajstić information content (AvgIpc) is 2.71. The van der Waals surface area contributed by atoms with E-state index < -0.39 is 10.0 Å². The molecular formula is C19H21N5O3S. The molecule has 1 aliphatic heterocycles. The summed E-state index contributed by atoms with van der Waals surface area (Å²) in [6.45, 7) is 2.16. The molecule has 28 heavy (non-hydrogen) atoms. The van der Waals surface area contributed by atoms with E-state index in [1.165, 1.54) is 8.99 Å². The van der Waals surface area contributed by atoms with Gasteiger partial charge in [0.2, 0.25) is 10.0 Å². The van der Waals surface area contributed by atoms with Crippen molar-refractivity contribution in [2.24, 2.45) is 0 Å². The fraction of sp³-hybridized carbons (Fsp3) is 0.316. The molecule has 4 rings (SSSR count). The van der Waals surface area contributed by atoms with Gasteiger partial charge in [-0.05, 0) is 17.7 Å². The van der Waals surface area contributed by atoms with Crippen LogP contribution in [0.5, 0.6) is 0 Å². The van der Waals surface area contributed by atoms with E-state index in [2.05, 4.69) is 10.3 Å². The number of piperazine rings is 1. The van der Waals surface area contributed by atoms with Crippen molar-refractivity contribution in [3.63, 3.8) is 0 Å². The Morgan fingerprint density at radius 1 is 0.893 bits per heavy atom. The van der Waals surface area contributed by atoms with Crippen molar-refractivity contribution in [2.45, 2.75) is 12.4 Å². The van der Waals surface area contributed by atoms with Gasteiger partial charge in [-0.3, -0.25) is 9.69 Å². The molecule has 1 fully saturated rings. The highest BCUT2D eigenvalue weighted by atomic mass is 32.2. The molecule has 0 spiro atoms. The Labute approximate surface area is 163 Å². The first-order valence-electron chi connectivity index (χ1n) is 9.09. The maximum Gasteiger partial charge on any atom is 0.278 e. The van der Waals surface area contributed by atoms with Crippen LogP contribution < -0.4 is 5.56 Å². The lowest BCUT2D eigenvalue weighted by atomic mass is 10.2. The molecule has 2 aromatic carbocycles. The second-order valence-electron chi connectivity index (χ2n) is 6.81. The van der Waals surface area contributed by atoms with Gasteiger partial charge in [0.25, 0.3) is 5.56 Å². The first-order valence-corrected chi connectivity index (χ1v) is 10.7. The number of hydrogen-bond acceptors (Lipinski definition) is 6. The number of rotatable bonds is 5. The molecule has 9 heteroatoms. The Morgan fingerprint density at radius 2 is 1.57 bits per heavy atom. The van der Waals surface area contributed by atoms with Gasteiger partial charge in [0, 0.05) is 26.2 Å². The fourth-order valence-corrected chi connectivity index (χ4v) is 4.85. The number of benzene rings is 2. The van der Waals surface area contributed by atoms with Crippen LogP contribution in [0, 0.1) is 0 Å². The highest BCUT2D eigenvalue weighted by molar-refractivity contribution is 7.88.